The Morgan fingerprint density at radius 1 is 1.35 bits per heavy atom. The number of amides is 1. The summed E-state index contributed by atoms with van der Waals surface area (Å²) in [5, 5.41) is 14.2. The molecule has 0 fully saturated rings. The van der Waals surface area contributed by atoms with E-state index < -0.39 is 6.10 Å². The summed E-state index contributed by atoms with van der Waals surface area (Å²) in [6, 6.07) is 7.59. The molecular weight excluding hydrogens is 334 g/mol. The second kappa shape index (κ2) is 6.64. The molecule has 3 heterocycles. The number of benzene rings is 1. The van der Waals surface area contributed by atoms with Crippen molar-refractivity contribution < 1.29 is 19.4 Å². The molecule has 0 saturated heterocycles. The Hall–Kier alpha value is -2.54. The van der Waals surface area contributed by atoms with Crippen LogP contribution in [0.15, 0.2) is 24.3 Å². The molecule has 0 saturated carbocycles. The largest absolute Gasteiger partial charge is 0.485 e. The van der Waals surface area contributed by atoms with Crippen LogP contribution in [0.2, 0.25) is 0 Å². The first-order valence-corrected chi connectivity index (χ1v) is 8.95. The number of carbonyl (C=O) groups is 1. The SMILES string of the molecule is CC(C)n1nc(CO)c2c1CCN(C(=O)[C@@H]1COc3ccccc3O1)C2. The van der Waals surface area contributed by atoms with E-state index in [1.807, 2.05) is 22.9 Å². The smallest absolute Gasteiger partial charge is 0.267 e. The van der Waals surface area contributed by atoms with E-state index in [4.69, 9.17) is 9.47 Å². The van der Waals surface area contributed by atoms with Crippen LogP contribution in [0.25, 0.3) is 0 Å². The molecule has 7 nitrogen and oxygen atoms in total. The molecule has 0 spiro atoms. The fourth-order valence-electron chi connectivity index (χ4n) is 3.60. The van der Waals surface area contributed by atoms with Crippen molar-refractivity contribution in [2.75, 3.05) is 13.2 Å². The minimum atomic E-state index is -0.649. The highest BCUT2D eigenvalue weighted by molar-refractivity contribution is 5.82. The number of ether oxygens (including phenoxy) is 2. The summed E-state index contributed by atoms with van der Waals surface area (Å²) in [5.41, 5.74) is 2.72. The zero-order valence-electron chi connectivity index (χ0n) is 15.0. The van der Waals surface area contributed by atoms with Gasteiger partial charge in [-0.25, -0.2) is 0 Å². The molecule has 1 N–H and O–H groups in total. The summed E-state index contributed by atoms with van der Waals surface area (Å²) < 4.78 is 13.5. The number of aliphatic hydroxyl groups excluding tert-OH is 1. The van der Waals surface area contributed by atoms with Gasteiger partial charge in [0, 0.05) is 36.8 Å². The van der Waals surface area contributed by atoms with Gasteiger partial charge < -0.3 is 19.5 Å². The number of carbonyl (C=O) groups excluding carboxylic acids is 1. The van der Waals surface area contributed by atoms with E-state index >= 15 is 0 Å². The molecule has 2 aliphatic rings. The molecule has 1 atom stereocenters. The molecule has 1 amide bonds. The lowest BCUT2D eigenvalue weighted by molar-refractivity contribution is -0.142. The highest BCUT2D eigenvalue weighted by Crippen LogP contribution is 2.32. The topological polar surface area (TPSA) is 76.8 Å². The van der Waals surface area contributed by atoms with E-state index in [-0.39, 0.29) is 25.2 Å². The third-order valence-corrected chi connectivity index (χ3v) is 4.90. The van der Waals surface area contributed by atoms with Crippen LogP contribution in [0.3, 0.4) is 0 Å². The number of hydrogen-bond acceptors (Lipinski definition) is 5. The first kappa shape index (κ1) is 16.9. The molecule has 1 aromatic carbocycles. The van der Waals surface area contributed by atoms with E-state index in [1.54, 1.807) is 11.0 Å². The number of nitrogens with zero attached hydrogens (tertiary/aromatic N) is 3. The van der Waals surface area contributed by atoms with Crippen LogP contribution >= 0.6 is 0 Å². The number of rotatable bonds is 3. The third kappa shape index (κ3) is 2.82. The molecule has 4 rings (SSSR count). The predicted molar refractivity (Wildman–Crippen MR) is 94.0 cm³/mol. The van der Waals surface area contributed by atoms with Crippen molar-refractivity contribution in [1.82, 2.24) is 14.7 Å². The molecule has 2 aliphatic heterocycles. The van der Waals surface area contributed by atoms with Gasteiger partial charge in [0.2, 0.25) is 6.10 Å². The predicted octanol–water partition coefficient (Wildman–Crippen LogP) is 1.68. The molecule has 0 radical (unpaired) electrons. The van der Waals surface area contributed by atoms with Crippen LogP contribution in [-0.2, 0) is 24.4 Å². The zero-order valence-corrected chi connectivity index (χ0v) is 15.0. The molecule has 138 valence electrons. The Kier molecular flexibility index (Phi) is 4.32. The Morgan fingerprint density at radius 2 is 2.12 bits per heavy atom. The van der Waals surface area contributed by atoms with Gasteiger partial charge in [-0.2, -0.15) is 5.10 Å². The first-order chi connectivity index (χ1) is 12.6. The summed E-state index contributed by atoms with van der Waals surface area (Å²) in [7, 11) is 0. The Balaban J connectivity index is 1.53. The maximum Gasteiger partial charge on any atom is 0.267 e. The second-order valence-electron chi connectivity index (χ2n) is 6.94. The first-order valence-electron chi connectivity index (χ1n) is 8.95. The highest BCUT2D eigenvalue weighted by Gasteiger charge is 2.34. The lowest BCUT2D eigenvalue weighted by atomic mass is 10.0. The molecule has 0 aliphatic carbocycles. The van der Waals surface area contributed by atoms with Crippen LogP contribution in [-0.4, -0.2) is 44.9 Å². The van der Waals surface area contributed by atoms with Crippen molar-refractivity contribution in [3.8, 4) is 11.5 Å². The minimum absolute atomic E-state index is 0.0914. The quantitative estimate of drug-likeness (QED) is 0.904. The van der Waals surface area contributed by atoms with Crippen LogP contribution in [0.5, 0.6) is 11.5 Å². The molecule has 1 aromatic heterocycles. The molecule has 0 bridgehead atoms. The van der Waals surface area contributed by atoms with Crippen molar-refractivity contribution >= 4 is 5.91 Å². The Labute approximate surface area is 152 Å². The summed E-state index contributed by atoms with van der Waals surface area (Å²) in [4.78, 5) is 14.7. The van der Waals surface area contributed by atoms with Crippen LogP contribution in [0.4, 0.5) is 0 Å². The fraction of sp³-hybridized carbons (Fsp3) is 0.474. The van der Waals surface area contributed by atoms with Gasteiger partial charge in [0.25, 0.3) is 5.91 Å². The average molecular weight is 357 g/mol. The molecule has 0 unspecified atom stereocenters. The number of hydrogen-bond donors (Lipinski definition) is 1. The number of fused-ring (bicyclic) bond motifs is 2. The summed E-state index contributed by atoms with van der Waals surface area (Å²) in [6.45, 7) is 5.26. The van der Waals surface area contributed by atoms with Gasteiger partial charge in [0.1, 0.15) is 6.61 Å². The zero-order chi connectivity index (χ0) is 18.3. The van der Waals surface area contributed by atoms with E-state index in [0.29, 0.717) is 30.3 Å². The minimum Gasteiger partial charge on any atom is -0.485 e. The van der Waals surface area contributed by atoms with E-state index in [9.17, 15) is 9.90 Å². The van der Waals surface area contributed by atoms with Crippen LogP contribution in [0.1, 0.15) is 36.8 Å². The summed E-state index contributed by atoms with van der Waals surface area (Å²) in [5.74, 6) is 1.17. The summed E-state index contributed by atoms with van der Waals surface area (Å²) in [6.07, 6.45) is 0.0698. The van der Waals surface area contributed by atoms with E-state index in [1.165, 1.54) is 0 Å². The van der Waals surface area contributed by atoms with E-state index in [2.05, 4.69) is 18.9 Å². The van der Waals surface area contributed by atoms with Crippen LogP contribution < -0.4 is 9.47 Å². The lowest BCUT2D eigenvalue weighted by Crippen LogP contribution is -2.48. The lowest BCUT2D eigenvalue weighted by Gasteiger charge is -2.33. The van der Waals surface area contributed by atoms with Crippen molar-refractivity contribution in [3.63, 3.8) is 0 Å². The van der Waals surface area contributed by atoms with Crippen molar-refractivity contribution in [1.29, 1.82) is 0 Å². The van der Waals surface area contributed by atoms with Gasteiger partial charge in [0.15, 0.2) is 11.5 Å². The normalized spacial score (nSPS) is 18.8. The maximum atomic E-state index is 12.9. The van der Waals surface area contributed by atoms with Gasteiger partial charge >= 0.3 is 0 Å². The molecule has 26 heavy (non-hydrogen) atoms. The molecular formula is C19H23N3O4. The maximum absolute atomic E-state index is 12.9. The van der Waals surface area contributed by atoms with Crippen molar-refractivity contribution in [2.24, 2.45) is 0 Å². The Morgan fingerprint density at radius 3 is 2.85 bits per heavy atom. The Bertz CT molecular complexity index is 830. The second-order valence-corrected chi connectivity index (χ2v) is 6.94. The van der Waals surface area contributed by atoms with Crippen molar-refractivity contribution in [2.45, 2.75) is 45.6 Å². The van der Waals surface area contributed by atoms with Gasteiger partial charge in [0.05, 0.1) is 12.3 Å². The van der Waals surface area contributed by atoms with Gasteiger partial charge in [-0.05, 0) is 26.0 Å². The standard InChI is InChI=1S/C19H23N3O4/c1-12(2)22-15-7-8-21(9-13(15)14(10-23)20-22)19(24)18-11-25-16-5-3-4-6-17(16)26-18/h3-6,12,18,23H,7-11H2,1-2H3/t18-/m0/s1. The van der Waals surface area contributed by atoms with Crippen LogP contribution in [0, 0.1) is 0 Å². The third-order valence-electron chi connectivity index (χ3n) is 4.90. The van der Waals surface area contributed by atoms with Crippen molar-refractivity contribution in [3.05, 3.63) is 41.2 Å². The molecule has 7 heteroatoms. The van der Waals surface area contributed by atoms with Gasteiger partial charge in [-0.3, -0.25) is 9.48 Å². The summed E-state index contributed by atoms with van der Waals surface area (Å²) >= 11 is 0. The number of aliphatic hydroxyl groups is 1. The molecule has 2 aromatic rings. The number of para-hydroxylation sites is 2. The van der Waals surface area contributed by atoms with Gasteiger partial charge in [-0.1, -0.05) is 12.1 Å². The van der Waals surface area contributed by atoms with Gasteiger partial charge in [-0.15, -0.1) is 0 Å². The number of aromatic nitrogens is 2. The highest BCUT2D eigenvalue weighted by atomic mass is 16.6. The van der Waals surface area contributed by atoms with E-state index in [0.717, 1.165) is 17.7 Å². The monoisotopic (exact) mass is 357 g/mol. The average Bonchev–Trinajstić information content (AvgIpc) is 3.05. The fourth-order valence-corrected chi connectivity index (χ4v) is 3.60.